The second kappa shape index (κ2) is 10.9. The number of hydrogen-bond acceptors (Lipinski definition) is 7. The van der Waals surface area contributed by atoms with Crippen molar-refractivity contribution in [1.29, 1.82) is 0 Å². The first kappa shape index (κ1) is 23.4. The monoisotopic (exact) mass is 463 g/mol. The molecule has 0 unspecified atom stereocenters. The van der Waals surface area contributed by atoms with Crippen molar-refractivity contribution in [3.8, 4) is 28.5 Å². The molecule has 2 N–H and O–H groups in total. The van der Waals surface area contributed by atoms with Crippen molar-refractivity contribution in [3.63, 3.8) is 0 Å². The first-order chi connectivity index (χ1) is 16.6. The minimum atomic E-state index is -0.832. The number of nitrogens with one attached hydrogen (secondary N) is 1. The first-order valence-corrected chi connectivity index (χ1v) is 11.5. The van der Waals surface area contributed by atoms with Gasteiger partial charge in [0.2, 0.25) is 0 Å². The molecule has 0 atom stereocenters. The number of anilines is 1. The van der Waals surface area contributed by atoms with Gasteiger partial charge < -0.3 is 24.6 Å². The van der Waals surface area contributed by atoms with E-state index in [1.165, 1.54) is 6.33 Å². The molecule has 0 aliphatic carbocycles. The Bertz CT molecular complexity index is 1170. The number of rotatable bonds is 10. The summed E-state index contributed by atoms with van der Waals surface area (Å²) in [5.41, 5.74) is 4.59. The van der Waals surface area contributed by atoms with E-state index >= 15 is 0 Å². The maximum absolute atomic E-state index is 11.1. The highest BCUT2D eigenvalue weighted by Gasteiger charge is 2.17. The Morgan fingerprint density at radius 2 is 1.82 bits per heavy atom. The number of aliphatic carboxylic acids is 1. The van der Waals surface area contributed by atoms with Crippen molar-refractivity contribution < 1.29 is 24.1 Å². The summed E-state index contributed by atoms with van der Waals surface area (Å²) in [6, 6.07) is 11.6. The van der Waals surface area contributed by atoms with Crippen LogP contribution in [0.3, 0.4) is 0 Å². The highest BCUT2D eigenvalue weighted by atomic mass is 16.6. The molecule has 34 heavy (non-hydrogen) atoms. The number of hydrogen-bond donors (Lipinski definition) is 2. The number of nitrogens with zero attached hydrogens (tertiary/aromatic N) is 2. The fraction of sp³-hybridized carbons (Fsp3) is 0.346. The molecule has 0 spiro atoms. The molecule has 4 rings (SSSR count). The second-order valence-electron chi connectivity index (χ2n) is 7.91. The molecule has 0 saturated carbocycles. The summed E-state index contributed by atoms with van der Waals surface area (Å²) in [4.78, 5) is 19.9. The molecule has 8 heteroatoms. The number of carboxylic acid groups (broad SMARTS) is 1. The normalized spacial score (nSPS) is 12.3. The maximum Gasteiger partial charge on any atom is 0.307 e. The third-order valence-electron chi connectivity index (χ3n) is 5.62. The minimum Gasteiger partial charge on any atom is -0.493 e. The average molecular weight is 464 g/mol. The van der Waals surface area contributed by atoms with Crippen LogP contribution in [0.2, 0.25) is 0 Å². The van der Waals surface area contributed by atoms with E-state index in [0.29, 0.717) is 37.9 Å². The quantitative estimate of drug-likeness (QED) is 0.462. The number of fused-ring (bicyclic) bond motifs is 1. The van der Waals surface area contributed by atoms with Gasteiger partial charge in [0.1, 0.15) is 31.1 Å². The smallest absolute Gasteiger partial charge is 0.307 e. The summed E-state index contributed by atoms with van der Waals surface area (Å²) < 4.78 is 17.2. The summed E-state index contributed by atoms with van der Waals surface area (Å²) in [7, 11) is 0. The third-order valence-corrected chi connectivity index (χ3v) is 5.62. The zero-order valence-corrected chi connectivity index (χ0v) is 19.5. The van der Waals surface area contributed by atoms with Crippen LogP contribution in [0.25, 0.3) is 11.3 Å². The van der Waals surface area contributed by atoms with E-state index in [1.54, 1.807) is 0 Å². The Morgan fingerprint density at radius 3 is 2.56 bits per heavy atom. The summed E-state index contributed by atoms with van der Waals surface area (Å²) in [5, 5.41) is 12.5. The second-order valence-corrected chi connectivity index (χ2v) is 7.91. The molecule has 0 amide bonds. The highest BCUT2D eigenvalue weighted by molar-refractivity contribution is 5.72. The zero-order valence-electron chi connectivity index (χ0n) is 19.5. The van der Waals surface area contributed by atoms with Gasteiger partial charge in [-0.05, 0) is 48.6 Å². The summed E-state index contributed by atoms with van der Waals surface area (Å²) in [6.07, 6.45) is 3.02. The molecule has 0 bridgehead atoms. The lowest BCUT2D eigenvalue weighted by Gasteiger charge is -2.21. The van der Waals surface area contributed by atoms with Gasteiger partial charge in [-0.1, -0.05) is 19.1 Å². The fourth-order valence-corrected chi connectivity index (χ4v) is 3.98. The Balaban J connectivity index is 1.46. The maximum atomic E-state index is 11.1. The van der Waals surface area contributed by atoms with Gasteiger partial charge in [-0.2, -0.15) is 0 Å². The Hall–Kier alpha value is -3.81. The molecule has 1 aliphatic heterocycles. The number of aromatic nitrogens is 2. The van der Waals surface area contributed by atoms with Crippen LogP contribution in [0.5, 0.6) is 17.2 Å². The molecule has 0 saturated heterocycles. The van der Waals surface area contributed by atoms with Crippen molar-refractivity contribution in [2.24, 2.45) is 0 Å². The van der Waals surface area contributed by atoms with Crippen molar-refractivity contribution in [2.45, 2.75) is 33.1 Å². The van der Waals surface area contributed by atoms with E-state index in [2.05, 4.69) is 15.3 Å². The molecular weight excluding hydrogens is 434 g/mol. The van der Waals surface area contributed by atoms with Crippen molar-refractivity contribution >= 4 is 11.8 Å². The Morgan fingerprint density at radius 1 is 1.03 bits per heavy atom. The van der Waals surface area contributed by atoms with Gasteiger partial charge in [-0.25, -0.2) is 9.97 Å². The fourth-order valence-electron chi connectivity index (χ4n) is 3.98. The van der Waals surface area contributed by atoms with E-state index in [4.69, 9.17) is 19.3 Å². The average Bonchev–Trinajstić information content (AvgIpc) is 2.84. The van der Waals surface area contributed by atoms with Gasteiger partial charge in [0.25, 0.3) is 0 Å². The third kappa shape index (κ3) is 5.57. The number of benzene rings is 2. The number of ether oxygens (including phenoxy) is 3. The van der Waals surface area contributed by atoms with Crippen LogP contribution in [0, 0.1) is 0 Å². The molecule has 0 fully saturated rings. The van der Waals surface area contributed by atoms with Gasteiger partial charge in [-0.15, -0.1) is 0 Å². The number of carboxylic acids is 1. The van der Waals surface area contributed by atoms with Gasteiger partial charge in [0.05, 0.1) is 18.7 Å². The minimum absolute atomic E-state index is 0.0175. The molecule has 1 aliphatic rings. The standard InChI is InChI=1S/C26H29N3O5/c1-3-17-11-19(6-5-18(17)13-26(30)31)21-14-25(29-16-28-21)27-8-7-20-12-23-24(34-10-9-33-23)15-22(20)32-4-2/h5-6,11-12,14-16H,3-4,7-10,13H2,1-2H3,(H,30,31)(H,27,28,29). The van der Waals surface area contributed by atoms with Crippen molar-refractivity contribution in [1.82, 2.24) is 9.97 Å². The van der Waals surface area contributed by atoms with Crippen LogP contribution in [-0.2, 0) is 24.1 Å². The molecule has 1 aromatic heterocycles. The van der Waals surface area contributed by atoms with E-state index in [1.807, 2.05) is 50.2 Å². The predicted octanol–water partition coefficient (Wildman–Crippen LogP) is 4.16. The van der Waals surface area contributed by atoms with E-state index in [-0.39, 0.29) is 6.42 Å². The summed E-state index contributed by atoms with van der Waals surface area (Å²) in [6.45, 7) is 6.27. The molecule has 178 valence electrons. The topological polar surface area (TPSA) is 103 Å². The molecule has 2 heterocycles. The van der Waals surface area contributed by atoms with Gasteiger partial charge in [-0.3, -0.25) is 4.79 Å². The van der Waals surface area contributed by atoms with Crippen molar-refractivity contribution in [2.75, 3.05) is 31.7 Å². The molecule has 8 nitrogen and oxygen atoms in total. The van der Waals surface area contributed by atoms with Gasteiger partial charge in [0.15, 0.2) is 11.5 Å². The van der Waals surface area contributed by atoms with Crippen LogP contribution in [0.1, 0.15) is 30.5 Å². The number of aryl methyl sites for hydroxylation is 1. The Kier molecular flexibility index (Phi) is 7.47. The van der Waals surface area contributed by atoms with Crippen LogP contribution >= 0.6 is 0 Å². The lowest BCUT2D eigenvalue weighted by Crippen LogP contribution is -2.16. The Labute approximate surface area is 198 Å². The van der Waals surface area contributed by atoms with Crippen LogP contribution < -0.4 is 19.5 Å². The van der Waals surface area contributed by atoms with E-state index in [9.17, 15) is 4.79 Å². The number of carbonyl (C=O) groups is 1. The predicted molar refractivity (Wildman–Crippen MR) is 129 cm³/mol. The molecule has 3 aromatic rings. The molecular formula is C26H29N3O5. The van der Waals surface area contributed by atoms with Crippen LogP contribution in [0.15, 0.2) is 42.7 Å². The lowest BCUT2D eigenvalue weighted by atomic mass is 9.98. The van der Waals surface area contributed by atoms with Gasteiger partial charge in [0, 0.05) is 24.2 Å². The highest BCUT2D eigenvalue weighted by Crippen LogP contribution is 2.37. The molecule has 2 aromatic carbocycles. The van der Waals surface area contributed by atoms with Crippen LogP contribution in [-0.4, -0.2) is 47.4 Å². The van der Waals surface area contributed by atoms with E-state index < -0.39 is 5.97 Å². The van der Waals surface area contributed by atoms with Gasteiger partial charge >= 0.3 is 5.97 Å². The summed E-state index contributed by atoms with van der Waals surface area (Å²) in [5.74, 6) is 2.14. The van der Waals surface area contributed by atoms with Crippen molar-refractivity contribution in [3.05, 3.63) is 59.4 Å². The first-order valence-electron chi connectivity index (χ1n) is 11.5. The zero-order chi connectivity index (χ0) is 23.9. The largest absolute Gasteiger partial charge is 0.493 e. The SMILES string of the molecule is CCOc1cc2c(cc1CCNc1cc(-c3ccc(CC(=O)O)c(CC)c3)ncn1)OCCO2. The van der Waals surface area contributed by atoms with Crippen LogP contribution in [0.4, 0.5) is 5.82 Å². The summed E-state index contributed by atoms with van der Waals surface area (Å²) >= 11 is 0. The van der Waals surface area contributed by atoms with E-state index in [0.717, 1.165) is 52.3 Å². The molecule has 0 radical (unpaired) electrons. The lowest BCUT2D eigenvalue weighted by molar-refractivity contribution is -0.136.